The van der Waals surface area contributed by atoms with Gasteiger partial charge in [0.05, 0.1) is 13.5 Å². The third-order valence-corrected chi connectivity index (χ3v) is 3.78. The number of nitrogens with one attached hydrogen (secondary N) is 1. The minimum Gasteiger partial charge on any atom is -0.493 e. The van der Waals surface area contributed by atoms with Gasteiger partial charge >= 0.3 is 0 Å². The highest BCUT2D eigenvalue weighted by Gasteiger charge is 2.21. The molecular weight excluding hydrogens is 330 g/mol. The topological polar surface area (TPSA) is 90.4 Å². The predicted molar refractivity (Wildman–Crippen MR) is 90.6 cm³/mol. The van der Waals surface area contributed by atoms with Crippen LogP contribution in [-0.2, 0) is 16.0 Å². The number of Topliss-reactive ketones (excluding diaryl/α,β-unsaturated/α-hetero) is 1. The van der Waals surface area contributed by atoms with E-state index in [-0.39, 0.29) is 18.1 Å². The fourth-order valence-electron chi connectivity index (χ4n) is 1.98. The Morgan fingerprint density at radius 2 is 2.00 bits per heavy atom. The SMILES string of the molecule is CCC(Oc1ccccc1OC)C(=O)Nc1nc(CC(C)=O)ns1. The van der Waals surface area contributed by atoms with Crippen molar-refractivity contribution < 1.29 is 19.1 Å². The lowest BCUT2D eigenvalue weighted by Crippen LogP contribution is -2.32. The van der Waals surface area contributed by atoms with Crippen molar-refractivity contribution in [1.82, 2.24) is 9.36 Å². The second kappa shape index (κ2) is 8.39. The van der Waals surface area contributed by atoms with Gasteiger partial charge in [-0.1, -0.05) is 19.1 Å². The average molecular weight is 349 g/mol. The van der Waals surface area contributed by atoms with Crippen LogP contribution in [0.1, 0.15) is 26.1 Å². The second-order valence-electron chi connectivity index (χ2n) is 5.05. The van der Waals surface area contributed by atoms with E-state index in [9.17, 15) is 9.59 Å². The van der Waals surface area contributed by atoms with Gasteiger partial charge < -0.3 is 9.47 Å². The summed E-state index contributed by atoms with van der Waals surface area (Å²) in [5.41, 5.74) is 0. The van der Waals surface area contributed by atoms with Gasteiger partial charge in [-0.15, -0.1) is 0 Å². The summed E-state index contributed by atoms with van der Waals surface area (Å²) in [5, 5.41) is 3.02. The number of hydrogen-bond donors (Lipinski definition) is 1. The Balaban J connectivity index is 2.03. The molecule has 0 radical (unpaired) electrons. The molecule has 1 N–H and O–H groups in total. The molecule has 1 heterocycles. The van der Waals surface area contributed by atoms with Crippen LogP contribution in [0.15, 0.2) is 24.3 Å². The molecule has 128 valence electrons. The fourth-order valence-corrected chi connectivity index (χ4v) is 2.57. The normalized spacial score (nSPS) is 11.6. The first kappa shape index (κ1) is 17.9. The molecule has 1 aromatic carbocycles. The molecule has 24 heavy (non-hydrogen) atoms. The van der Waals surface area contributed by atoms with Crippen LogP contribution in [0.25, 0.3) is 0 Å². The summed E-state index contributed by atoms with van der Waals surface area (Å²) in [4.78, 5) is 27.6. The second-order valence-corrected chi connectivity index (χ2v) is 5.80. The Bertz CT molecular complexity index is 717. The maximum absolute atomic E-state index is 12.4. The molecule has 1 unspecified atom stereocenters. The van der Waals surface area contributed by atoms with Crippen LogP contribution in [0.5, 0.6) is 11.5 Å². The molecule has 0 aliphatic heterocycles. The number of benzene rings is 1. The Morgan fingerprint density at radius 1 is 1.29 bits per heavy atom. The first-order chi connectivity index (χ1) is 11.5. The largest absolute Gasteiger partial charge is 0.493 e. The van der Waals surface area contributed by atoms with E-state index in [1.165, 1.54) is 6.92 Å². The summed E-state index contributed by atoms with van der Waals surface area (Å²) in [7, 11) is 1.54. The molecule has 0 aliphatic rings. The van der Waals surface area contributed by atoms with Crippen LogP contribution in [-0.4, -0.2) is 34.3 Å². The standard InChI is InChI=1S/C16H19N3O4S/c1-4-11(23-13-8-6-5-7-12(13)22-3)15(21)18-16-17-14(19-24-16)9-10(2)20/h5-8,11H,4,9H2,1-3H3,(H,17,18,19,21). The Kier molecular flexibility index (Phi) is 6.25. The summed E-state index contributed by atoms with van der Waals surface area (Å²) in [6.45, 7) is 3.31. The number of hydrogen-bond acceptors (Lipinski definition) is 7. The van der Waals surface area contributed by atoms with Crippen LogP contribution in [0.2, 0.25) is 0 Å². The van der Waals surface area contributed by atoms with E-state index >= 15 is 0 Å². The van der Waals surface area contributed by atoms with E-state index in [4.69, 9.17) is 9.47 Å². The van der Waals surface area contributed by atoms with Gasteiger partial charge in [-0.25, -0.2) is 4.98 Å². The molecule has 0 fully saturated rings. The van der Waals surface area contributed by atoms with Crippen molar-refractivity contribution in [2.45, 2.75) is 32.8 Å². The summed E-state index contributed by atoms with van der Waals surface area (Å²) >= 11 is 1.04. The average Bonchev–Trinajstić information content (AvgIpc) is 2.98. The van der Waals surface area contributed by atoms with Gasteiger partial charge in [0, 0.05) is 11.5 Å². The van der Waals surface area contributed by atoms with Gasteiger partial charge in [-0.05, 0) is 25.5 Å². The highest BCUT2D eigenvalue weighted by Crippen LogP contribution is 2.27. The summed E-state index contributed by atoms with van der Waals surface area (Å²) < 4.78 is 15.0. The molecule has 0 saturated carbocycles. The fraction of sp³-hybridized carbons (Fsp3) is 0.375. The smallest absolute Gasteiger partial charge is 0.267 e. The quantitative estimate of drug-likeness (QED) is 0.787. The van der Waals surface area contributed by atoms with Crippen molar-refractivity contribution in [3.8, 4) is 11.5 Å². The zero-order valence-electron chi connectivity index (χ0n) is 13.7. The molecule has 0 aliphatic carbocycles. The van der Waals surface area contributed by atoms with E-state index in [1.807, 2.05) is 13.0 Å². The van der Waals surface area contributed by atoms with Crippen LogP contribution >= 0.6 is 11.5 Å². The minimum absolute atomic E-state index is 0.0309. The van der Waals surface area contributed by atoms with E-state index in [2.05, 4.69) is 14.7 Å². The molecule has 1 aromatic heterocycles. The number of aromatic nitrogens is 2. The lowest BCUT2D eigenvalue weighted by atomic mass is 10.2. The number of carbonyl (C=O) groups is 2. The van der Waals surface area contributed by atoms with Crippen LogP contribution in [0.3, 0.4) is 0 Å². The first-order valence-corrected chi connectivity index (χ1v) is 8.23. The number of carbonyl (C=O) groups excluding carboxylic acids is 2. The Labute approximate surface area is 144 Å². The highest BCUT2D eigenvalue weighted by molar-refractivity contribution is 7.09. The highest BCUT2D eigenvalue weighted by atomic mass is 32.1. The number of methoxy groups -OCH3 is 1. The van der Waals surface area contributed by atoms with Crippen molar-refractivity contribution in [2.75, 3.05) is 12.4 Å². The number of rotatable bonds is 8. The van der Waals surface area contributed by atoms with Gasteiger partial charge in [0.15, 0.2) is 23.4 Å². The zero-order chi connectivity index (χ0) is 17.5. The van der Waals surface area contributed by atoms with E-state index in [0.29, 0.717) is 28.9 Å². The van der Waals surface area contributed by atoms with Crippen molar-refractivity contribution in [1.29, 1.82) is 0 Å². The number of para-hydroxylation sites is 2. The lowest BCUT2D eigenvalue weighted by molar-refractivity contribution is -0.122. The van der Waals surface area contributed by atoms with Crippen LogP contribution in [0, 0.1) is 0 Å². The lowest BCUT2D eigenvalue weighted by Gasteiger charge is -2.18. The van der Waals surface area contributed by atoms with Crippen molar-refractivity contribution in [2.24, 2.45) is 0 Å². The summed E-state index contributed by atoms with van der Waals surface area (Å²) in [6, 6.07) is 7.13. The molecule has 0 bridgehead atoms. The Hall–Kier alpha value is -2.48. The van der Waals surface area contributed by atoms with Crippen molar-refractivity contribution >= 4 is 28.4 Å². The molecule has 8 heteroatoms. The van der Waals surface area contributed by atoms with Gasteiger partial charge in [0.25, 0.3) is 5.91 Å². The van der Waals surface area contributed by atoms with Crippen molar-refractivity contribution in [3.05, 3.63) is 30.1 Å². The first-order valence-electron chi connectivity index (χ1n) is 7.46. The van der Waals surface area contributed by atoms with Gasteiger partial charge in [-0.2, -0.15) is 4.37 Å². The monoisotopic (exact) mass is 349 g/mol. The third kappa shape index (κ3) is 4.76. The third-order valence-electron chi connectivity index (χ3n) is 3.11. The van der Waals surface area contributed by atoms with E-state index in [0.717, 1.165) is 11.5 Å². The number of ether oxygens (including phenoxy) is 2. The maximum Gasteiger partial charge on any atom is 0.267 e. The summed E-state index contributed by atoms with van der Waals surface area (Å²) in [6.07, 6.45) is -0.0638. The molecule has 0 spiro atoms. The number of amides is 1. The maximum atomic E-state index is 12.4. The molecule has 2 aromatic rings. The molecule has 0 saturated heterocycles. The minimum atomic E-state index is -0.693. The molecule has 1 atom stereocenters. The molecule has 1 amide bonds. The van der Waals surface area contributed by atoms with E-state index < -0.39 is 6.10 Å². The number of ketones is 1. The van der Waals surface area contributed by atoms with Gasteiger partial charge in [-0.3, -0.25) is 14.9 Å². The van der Waals surface area contributed by atoms with Crippen LogP contribution < -0.4 is 14.8 Å². The van der Waals surface area contributed by atoms with Gasteiger partial charge in [0.1, 0.15) is 5.78 Å². The molecular formula is C16H19N3O4S. The van der Waals surface area contributed by atoms with Crippen molar-refractivity contribution in [3.63, 3.8) is 0 Å². The van der Waals surface area contributed by atoms with E-state index in [1.54, 1.807) is 25.3 Å². The molecule has 7 nitrogen and oxygen atoms in total. The number of nitrogens with zero attached hydrogens (tertiary/aromatic N) is 2. The Morgan fingerprint density at radius 3 is 2.62 bits per heavy atom. The van der Waals surface area contributed by atoms with Crippen LogP contribution in [0.4, 0.5) is 5.13 Å². The summed E-state index contributed by atoms with van der Waals surface area (Å²) in [5.74, 6) is 1.10. The molecule has 2 rings (SSSR count). The number of anilines is 1. The predicted octanol–water partition coefficient (Wildman–Crippen LogP) is 2.47. The zero-order valence-corrected chi connectivity index (χ0v) is 14.6. The van der Waals surface area contributed by atoms with Gasteiger partial charge in [0.2, 0.25) is 5.13 Å².